The van der Waals surface area contributed by atoms with Crippen molar-refractivity contribution >= 4 is 5.97 Å². The predicted octanol–water partition coefficient (Wildman–Crippen LogP) is 1.55. The van der Waals surface area contributed by atoms with Gasteiger partial charge in [0.25, 0.3) is 0 Å². The molecule has 20 heavy (non-hydrogen) atoms. The number of carbonyl (C=O) groups is 1. The molecule has 8 atom stereocenters. The highest BCUT2D eigenvalue weighted by atomic mass is 16.5. The van der Waals surface area contributed by atoms with Crippen LogP contribution in [0.15, 0.2) is 0 Å². The maximum absolute atomic E-state index is 11.6. The van der Waals surface area contributed by atoms with E-state index in [4.69, 9.17) is 14.2 Å². The first-order valence-corrected chi connectivity index (χ1v) is 7.66. The molecule has 3 aliphatic rings. The second-order valence-electron chi connectivity index (χ2n) is 6.23. The van der Waals surface area contributed by atoms with Crippen molar-refractivity contribution in [1.82, 2.24) is 0 Å². The number of aliphatic carboxylic acids is 1. The number of hydrogen-bond donors (Lipinski definition) is 1. The Labute approximate surface area is 119 Å². The summed E-state index contributed by atoms with van der Waals surface area (Å²) in [5.41, 5.74) is 0. The van der Waals surface area contributed by atoms with Gasteiger partial charge in [0.2, 0.25) is 0 Å². The summed E-state index contributed by atoms with van der Waals surface area (Å²) in [5.74, 6) is -0.672. The molecule has 114 valence electrons. The van der Waals surface area contributed by atoms with E-state index in [0.717, 1.165) is 12.8 Å². The molecule has 3 aliphatic heterocycles. The average molecular weight is 284 g/mol. The number of carboxylic acids is 1. The first kappa shape index (κ1) is 14.3. The maximum atomic E-state index is 11.6. The summed E-state index contributed by atoms with van der Waals surface area (Å²) >= 11 is 0. The second-order valence-corrected chi connectivity index (χ2v) is 6.23. The molecular formula is C15H24O5. The van der Waals surface area contributed by atoms with Crippen LogP contribution in [0.1, 0.15) is 26.7 Å². The molecule has 0 aromatic carbocycles. The minimum absolute atomic E-state index is 0.0208. The average Bonchev–Trinajstić information content (AvgIpc) is 3.06. The second kappa shape index (κ2) is 5.28. The smallest absolute Gasteiger partial charge is 0.309 e. The van der Waals surface area contributed by atoms with Crippen molar-refractivity contribution < 1.29 is 24.1 Å². The van der Waals surface area contributed by atoms with Gasteiger partial charge in [0.15, 0.2) is 0 Å². The van der Waals surface area contributed by atoms with Crippen molar-refractivity contribution in [3.05, 3.63) is 0 Å². The van der Waals surface area contributed by atoms with Crippen LogP contribution in [-0.4, -0.2) is 49.2 Å². The van der Waals surface area contributed by atoms with Crippen molar-refractivity contribution in [3.8, 4) is 0 Å². The van der Waals surface area contributed by atoms with Crippen LogP contribution < -0.4 is 0 Å². The van der Waals surface area contributed by atoms with Gasteiger partial charge in [0, 0.05) is 24.9 Å². The van der Waals surface area contributed by atoms with E-state index < -0.39 is 11.9 Å². The number of ether oxygens (including phenoxy) is 3. The highest BCUT2D eigenvalue weighted by Crippen LogP contribution is 2.57. The van der Waals surface area contributed by atoms with Crippen LogP contribution >= 0.6 is 0 Å². The molecule has 0 amide bonds. The van der Waals surface area contributed by atoms with E-state index in [1.165, 1.54) is 0 Å². The molecule has 0 aromatic heterocycles. The maximum Gasteiger partial charge on any atom is 0.309 e. The van der Waals surface area contributed by atoms with Crippen LogP contribution in [0.3, 0.4) is 0 Å². The zero-order valence-corrected chi connectivity index (χ0v) is 12.3. The van der Waals surface area contributed by atoms with E-state index >= 15 is 0 Å². The van der Waals surface area contributed by atoms with E-state index in [2.05, 4.69) is 13.8 Å². The molecule has 3 saturated heterocycles. The molecule has 2 bridgehead atoms. The Balaban J connectivity index is 1.90. The lowest BCUT2D eigenvalue weighted by Gasteiger charge is -2.34. The van der Waals surface area contributed by atoms with Gasteiger partial charge in [0.05, 0.1) is 36.9 Å². The number of hydrogen-bond acceptors (Lipinski definition) is 4. The number of methoxy groups -OCH3 is 1. The quantitative estimate of drug-likeness (QED) is 0.830. The predicted molar refractivity (Wildman–Crippen MR) is 71.4 cm³/mol. The number of fused-ring (bicyclic) bond motifs is 5. The van der Waals surface area contributed by atoms with E-state index in [1.807, 2.05) is 0 Å². The SMILES string of the molecule is CCC1OC(CC)C2C3OC(C(COC)C3C(=O)O)C12. The van der Waals surface area contributed by atoms with E-state index in [0.29, 0.717) is 12.5 Å². The molecule has 3 fully saturated rings. The van der Waals surface area contributed by atoms with Crippen LogP contribution in [-0.2, 0) is 19.0 Å². The highest BCUT2D eigenvalue weighted by molar-refractivity contribution is 5.72. The van der Waals surface area contributed by atoms with Gasteiger partial charge in [-0.2, -0.15) is 0 Å². The van der Waals surface area contributed by atoms with E-state index in [1.54, 1.807) is 7.11 Å². The minimum atomic E-state index is -0.757. The molecule has 8 unspecified atom stereocenters. The van der Waals surface area contributed by atoms with Crippen LogP contribution in [0.2, 0.25) is 0 Å². The monoisotopic (exact) mass is 284 g/mol. The minimum Gasteiger partial charge on any atom is -0.481 e. The Kier molecular flexibility index (Phi) is 3.77. The third kappa shape index (κ3) is 1.83. The van der Waals surface area contributed by atoms with Gasteiger partial charge in [-0.25, -0.2) is 0 Å². The molecule has 0 radical (unpaired) electrons. The summed E-state index contributed by atoms with van der Waals surface area (Å²) in [6.07, 6.45) is 2.00. The Morgan fingerprint density at radius 1 is 1.10 bits per heavy atom. The molecule has 5 nitrogen and oxygen atoms in total. The Hall–Kier alpha value is -0.650. The fourth-order valence-electron chi connectivity index (χ4n) is 4.74. The molecule has 3 rings (SSSR count). The van der Waals surface area contributed by atoms with Gasteiger partial charge < -0.3 is 19.3 Å². The Morgan fingerprint density at radius 2 is 1.70 bits per heavy atom. The Morgan fingerprint density at radius 3 is 2.20 bits per heavy atom. The standard InChI is InChI=1S/C15H24O5/c1-4-8-11-12(9(5-2)19-8)14-10(15(16)17)7(6-18-3)13(11)20-14/h7-14H,4-6H2,1-3H3,(H,16,17). The Bertz CT molecular complexity index is 384. The first-order valence-electron chi connectivity index (χ1n) is 7.66. The molecule has 3 heterocycles. The topological polar surface area (TPSA) is 65.0 Å². The van der Waals surface area contributed by atoms with Gasteiger partial charge in [-0.15, -0.1) is 0 Å². The summed E-state index contributed by atoms with van der Waals surface area (Å²) < 4.78 is 17.5. The van der Waals surface area contributed by atoms with Gasteiger partial charge in [-0.3, -0.25) is 4.79 Å². The van der Waals surface area contributed by atoms with Crippen molar-refractivity contribution in [3.63, 3.8) is 0 Å². The highest BCUT2D eigenvalue weighted by Gasteiger charge is 2.67. The molecule has 1 N–H and O–H groups in total. The first-order chi connectivity index (χ1) is 9.63. The zero-order valence-electron chi connectivity index (χ0n) is 12.3. The number of rotatable bonds is 5. The normalized spacial score (nSPS) is 49.5. The lowest BCUT2D eigenvalue weighted by molar-refractivity contribution is -0.147. The fourth-order valence-corrected chi connectivity index (χ4v) is 4.74. The lowest BCUT2D eigenvalue weighted by Crippen LogP contribution is -2.47. The molecular weight excluding hydrogens is 260 g/mol. The molecule has 5 heteroatoms. The van der Waals surface area contributed by atoms with Gasteiger partial charge in [-0.1, -0.05) is 13.8 Å². The van der Waals surface area contributed by atoms with Crippen LogP contribution in [0, 0.1) is 23.7 Å². The van der Waals surface area contributed by atoms with Gasteiger partial charge in [0.1, 0.15) is 0 Å². The van der Waals surface area contributed by atoms with Crippen LogP contribution in [0.5, 0.6) is 0 Å². The lowest BCUT2D eigenvalue weighted by atomic mass is 9.66. The largest absolute Gasteiger partial charge is 0.481 e. The van der Waals surface area contributed by atoms with Crippen molar-refractivity contribution in [1.29, 1.82) is 0 Å². The van der Waals surface area contributed by atoms with Gasteiger partial charge in [-0.05, 0) is 12.8 Å². The van der Waals surface area contributed by atoms with Gasteiger partial charge >= 0.3 is 5.97 Å². The molecule has 0 aliphatic carbocycles. The molecule has 0 aromatic rings. The van der Waals surface area contributed by atoms with Crippen molar-refractivity contribution in [2.75, 3.05) is 13.7 Å². The van der Waals surface area contributed by atoms with Crippen molar-refractivity contribution in [2.45, 2.75) is 51.1 Å². The zero-order chi connectivity index (χ0) is 14.4. The van der Waals surface area contributed by atoms with E-state index in [9.17, 15) is 9.90 Å². The fraction of sp³-hybridized carbons (Fsp3) is 0.933. The van der Waals surface area contributed by atoms with Crippen LogP contribution in [0.4, 0.5) is 0 Å². The molecule has 0 spiro atoms. The van der Waals surface area contributed by atoms with Crippen molar-refractivity contribution in [2.24, 2.45) is 23.7 Å². The summed E-state index contributed by atoms with van der Waals surface area (Å²) in [6, 6.07) is 0. The summed E-state index contributed by atoms with van der Waals surface area (Å²) in [4.78, 5) is 11.6. The number of carboxylic acid groups (broad SMARTS) is 1. The van der Waals surface area contributed by atoms with E-state index in [-0.39, 0.29) is 36.3 Å². The third-order valence-electron chi connectivity index (χ3n) is 5.41. The summed E-state index contributed by atoms with van der Waals surface area (Å²) in [6.45, 7) is 4.69. The summed E-state index contributed by atoms with van der Waals surface area (Å²) in [7, 11) is 1.62. The van der Waals surface area contributed by atoms with Crippen LogP contribution in [0.25, 0.3) is 0 Å². The third-order valence-corrected chi connectivity index (χ3v) is 5.41. The summed E-state index contributed by atoms with van der Waals surface area (Å²) in [5, 5.41) is 9.56. The molecule has 0 saturated carbocycles.